The van der Waals surface area contributed by atoms with E-state index in [1.807, 2.05) is 84.9 Å². The second kappa shape index (κ2) is 16.6. The molecular weight excluding hydrogens is 698 g/mol. The Hall–Kier alpha value is -6.56. The van der Waals surface area contributed by atoms with Gasteiger partial charge in [0.05, 0.1) is 26.4 Å². The number of hydrogen-bond acceptors (Lipinski definition) is 9. The minimum Gasteiger partial charge on any atom is -0.497 e. The molecule has 5 aromatic carbocycles. The van der Waals surface area contributed by atoms with Crippen LogP contribution in [0.2, 0.25) is 0 Å². The maximum absolute atomic E-state index is 13.8. The Morgan fingerprint density at radius 3 is 1.84 bits per heavy atom. The van der Waals surface area contributed by atoms with E-state index in [1.54, 1.807) is 68.8 Å². The van der Waals surface area contributed by atoms with Crippen molar-refractivity contribution < 1.29 is 33.3 Å². The standard InChI is InChI=1S/C44H39N3O8/c1-51-35-22-18-33(19-23-35)44(34-20-24-36(52-2)25-21-34,53-29-30-12-6-3-7-13-30)40-37(54-42(49)32-16-10-5-11-17-32)28-39(55-40)47-27-26-38(46-43(47)50)45-41(48)31-14-8-4-9-15-31/h3-27,37,39-40H,28-29H2,1-2H3,(H,45,46,48,50). The van der Waals surface area contributed by atoms with Crippen LogP contribution in [0.25, 0.3) is 0 Å². The number of benzene rings is 5. The summed E-state index contributed by atoms with van der Waals surface area (Å²) in [6.07, 6.45) is -1.33. The van der Waals surface area contributed by atoms with Crippen LogP contribution in [0.15, 0.2) is 157 Å². The Morgan fingerprint density at radius 1 is 0.745 bits per heavy atom. The molecular formula is C44H39N3O8. The number of nitrogens with zero attached hydrogens (tertiary/aromatic N) is 2. The van der Waals surface area contributed by atoms with Gasteiger partial charge < -0.3 is 29.0 Å². The summed E-state index contributed by atoms with van der Waals surface area (Å²) in [5.74, 6) is 0.364. The molecule has 6 aromatic rings. The number of esters is 1. The predicted octanol–water partition coefficient (Wildman–Crippen LogP) is 7.19. The smallest absolute Gasteiger partial charge is 0.351 e. The van der Waals surface area contributed by atoms with Gasteiger partial charge >= 0.3 is 11.7 Å². The number of rotatable bonds is 13. The molecule has 1 saturated heterocycles. The van der Waals surface area contributed by atoms with Gasteiger partial charge in [0, 0.05) is 18.2 Å². The van der Waals surface area contributed by atoms with Gasteiger partial charge in [-0.05, 0) is 71.3 Å². The molecule has 55 heavy (non-hydrogen) atoms. The van der Waals surface area contributed by atoms with Crippen molar-refractivity contribution in [2.45, 2.75) is 37.1 Å². The molecule has 1 N–H and O–H groups in total. The first-order chi connectivity index (χ1) is 26.9. The molecule has 0 saturated carbocycles. The molecule has 278 valence electrons. The summed E-state index contributed by atoms with van der Waals surface area (Å²) in [6, 6.07) is 43.4. The van der Waals surface area contributed by atoms with Crippen molar-refractivity contribution in [2.24, 2.45) is 0 Å². The Balaban J connectivity index is 1.33. The third-order valence-corrected chi connectivity index (χ3v) is 9.51. The highest BCUT2D eigenvalue weighted by Crippen LogP contribution is 2.48. The number of nitrogens with one attached hydrogen (secondary N) is 1. The van der Waals surface area contributed by atoms with Crippen molar-refractivity contribution in [3.05, 3.63) is 190 Å². The first-order valence-corrected chi connectivity index (χ1v) is 17.7. The SMILES string of the molecule is COc1ccc(C(OCc2ccccc2)(c2ccc(OC)cc2)C2OC(n3ccc(NC(=O)c4ccccc4)nc3=O)CC2OC(=O)c2ccccc2)cc1. The number of carbonyl (C=O) groups excluding carboxylic acids is 2. The summed E-state index contributed by atoms with van der Waals surface area (Å²) >= 11 is 0. The Bertz CT molecular complexity index is 2220. The zero-order valence-corrected chi connectivity index (χ0v) is 30.2. The van der Waals surface area contributed by atoms with E-state index in [0.717, 1.165) is 5.56 Å². The van der Waals surface area contributed by atoms with Crippen molar-refractivity contribution in [3.63, 3.8) is 0 Å². The normalized spacial score (nSPS) is 16.6. The van der Waals surface area contributed by atoms with Crippen LogP contribution in [0.4, 0.5) is 5.82 Å². The summed E-state index contributed by atoms with van der Waals surface area (Å²) < 4.78 is 32.7. The number of anilines is 1. The maximum atomic E-state index is 13.8. The van der Waals surface area contributed by atoms with Gasteiger partial charge in [-0.3, -0.25) is 9.36 Å². The number of hydrogen-bond donors (Lipinski definition) is 1. The highest BCUT2D eigenvalue weighted by molar-refractivity contribution is 6.03. The number of aromatic nitrogens is 2. The highest BCUT2D eigenvalue weighted by Gasteiger charge is 2.55. The van der Waals surface area contributed by atoms with Gasteiger partial charge in [-0.25, -0.2) is 9.59 Å². The first-order valence-electron chi connectivity index (χ1n) is 17.7. The van der Waals surface area contributed by atoms with E-state index in [4.69, 9.17) is 23.7 Å². The van der Waals surface area contributed by atoms with Crippen molar-refractivity contribution in [1.82, 2.24) is 9.55 Å². The van der Waals surface area contributed by atoms with E-state index < -0.39 is 41.6 Å². The van der Waals surface area contributed by atoms with E-state index >= 15 is 0 Å². The van der Waals surface area contributed by atoms with Gasteiger partial charge in [0.2, 0.25) is 0 Å². The summed E-state index contributed by atoms with van der Waals surface area (Å²) in [5, 5.41) is 2.68. The quantitative estimate of drug-likeness (QED) is 0.123. The highest BCUT2D eigenvalue weighted by atomic mass is 16.6. The monoisotopic (exact) mass is 737 g/mol. The molecule has 1 aliphatic heterocycles. The van der Waals surface area contributed by atoms with Gasteiger partial charge in [0.15, 0.2) is 0 Å². The molecule has 11 heteroatoms. The largest absolute Gasteiger partial charge is 0.497 e. The molecule has 0 radical (unpaired) electrons. The molecule has 0 spiro atoms. The van der Waals surface area contributed by atoms with Crippen LogP contribution in [0, 0.1) is 0 Å². The number of carbonyl (C=O) groups is 2. The number of amides is 1. The third-order valence-electron chi connectivity index (χ3n) is 9.51. The van der Waals surface area contributed by atoms with Crippen molar-refractivity contribution in [2.75, 3.05) is 19.5 Å². The first kappa shape index (κ1) is 36.8. The van der Waals surface area contributed by atoms with Crippen LogP contribution in [-0.2, 0) is 26.4 Å². The Kier molecular flexibility index (Phi) is 11.1. The fraction of sp³-hybridized carbons (Fsp3) is 0.182. The lowest BCUT2D eigenvalue weighted by Crippen LogP contribution is -2.49. The molecule has 1 amide bonds. The molecule has 0 bridgehead atoms. The van der Waals surface area contributed by atoms with Gasteiger partial charge in [0.25, 0.3) is 5.91 Å². The summed E-state index contributed by atoms with van der Waals surface area (Å²) in [4.78, 5) is 44.5. The lowest BCUT2D eigenvalue weighted by molar-refractivity contribution is -0.161. The van der Waals surface area contributed by atoms with E-state index in [9.17, 15) is 14.4 Å². The van der Waals surface area contributed by atoms with Crippen molar-refractivity contribution in [3.8, 4) is 11.5 Å². The number of methoxy groups -OCH3 is 2. The minimum absolute atomic E-state index is 0.0727. The van der Waals surface area contributed by atoms with E-state index in [-0.39, 0.29) is 18.8 Å². The van der Waals surface area contributed by atoms with Gasteiger partial charge in [-0.15, -0.1) is 0 Å². The van der Waals surface area contributed by atoms with E-state index in [2.05, 4.69) is 10.3 Å². The van der Waals surface area contributed by atoms with Crippen LogP contribution in [0.3, 0.4) is 0 Å². The summed E-state index contributed by atoms with van der Waals surface area (Å²) in [7, 11) is 3.18. The summed E-state index contributed by atoms with van der Waals surface area (Å²) in [5.41, 5.74) is 0.944. The van der Waals surface area contributed by atoms with Crippen molar-refractivity contribution >= 4 is 17.7 Å². The molecule has 1 aliphatic rings. The Morgan fingerprint density at radius 2 is 1.29 bits per heavy atom. The lowest BCUT2D eigenvalue weighted by atomic mass is 9.79. The molecule has 1 fully saturated rings. The average molecular weight is 738 g/mol. The van der Waals surface area contributed by atoms with Gasteiger partial charge in [-0.1, -0.05) is 91.0 Å². The van der Waals surface area contributed by atoms with Crippen LogP contribution in [0.5, 0.6) is 11.5 Å². The topological polar surface area (TPSA) is 127 Å². The molecule has 7 rings (SSSR count). The third kappa shape index (κ3) is 8.03. The zero-order valence-electron chi connectivity index (χ0n) is 30.2. The molecule has 1 aromatic heterocycles. The predicted molar refractivity (Wildman–Crippen MR) is 205 cm³/mol. The molecule has 2 heterocycles. The Labute approximate surface area is 318 Å². The van der Waals surface area contributed by atoms with Crippen LogP contribution >= 0.6 is 0 Å². The number of ether oxygens (including phenoxy) is 5. The van der Waals surface area contributed by atoms with Crippen molar-refractivity contribution in [1.29, 1.82) is 0 Å². The zero-order chi connectivity index (χ0) is 38.2. The van der Waals surface area contributed by atoms with E-state index in [1.165, 1.54) is 16.8 Å². The van der Waals surface area contributed by atoms with Crippen LogP contribution in [-0.4, -0.2) is 47.9 Å². The summed E-state index contributed by atoms with van der Waals surface area (Å²) in [6.45, 7) is 0.153. The molecule has 11 nitrogen and oxygen atoms in total. The second-order valence-corrected chi connectivity index (χ2v) is 12.8. The minimum atomic E-state index is -1.43. The van der Waals surface area contributed by atoms with Gasteiger partial charge in [-0.2, -0.15) is 4.98 Å². The van der Waals surface area contributed by atoms with E-state index in [0.29, 0.717) is 33.8 Å². The second-order valence-electron chi connectivity index (χ2n) is 12.8. The van der Waals surface area contributed by atoms with Crippen LogP contribution < -0.4 is 20.5 Å². The maximum Gasteiger partial charge on any atom is 0.351 e. The molecule has 3 atom stereocenters. The molecule has 0 aliphatic carbocycles. The lowest BCUT2D eigenvalue weighted by Gasteiger charge is -2.41. The van der Waals surface area contributed by atoms with Crippen LogP contribution in [0.1, 0.15) is 50.1 Å². The fourth-order valence-electron chi connectivity index (χ4n) is 6.73. The molecule has 3 unspecified atom stereocenters. The average Bonchev–Trinajstić information content (AvgIpc) is 3.65. The fourth-order valence-corrected chi connectivity index (χ4v) is 6.73. The van der Waals surface area contributed by atoms with Gasteiger partial charge in [0.1, 0.15) is 41.4 Å².